The third-order valence-electron chi connectivity index (χ3n) is 3.83. The van der Waals surface area contributed by atoms with Crippen molar-refractivity contribution in [2.75, 3.05) is 0 Å². The monoisotopic (exact) mass is 312 g/mol. The van der Waals surface area contributed by atoms with Crippen LogP contribution in [-0.2, 0) is 9.59 Å². The van der Waals surface area contributed by atoms with Crippen LogP contribution in [0.2, 0.25) is 0 Å². The summed E-state index contributed by atoms with van der Waals surface area (Å²) in [5, 5.41) is 0. The quantitative estimate of drug-likeness (QED) is 0.442. The molecule has 0 N–H and O–H groups in total. The average molecular weight is 312 g/mol. The Morgan fingerprint density at radius 2 is 1.48 bits per heavy atom. The van der Waals surface area contributed by atoms with Gasteiger partial charge in [-0.3, -0.25) is 9.59 Å². The third-order valence-corrected chi connectivity index (χ3v) is 3.83. The van der Waals surface area contributed by atoms with E-state index in [1.54, 1.807) is 0 Å². The van der Waals surface area contributed by atoms with Gasteiger partial charge in [0.25, 0.3) is 0 Å². The first-order valence-corrected chi connectivity index (χ1v) is 8.30. The maximum Gasteiger partial charge on any atom is 0.182 e. The molecule has 2 nitrogen and oxygen atoms in total. The molecule has 0 fully saturated rings. The Bertz CT molecular complexity index is 591. The minimum atomic E-state index is -0.0967. The summed E-state index contributed by atoms with van der Waals surface area (Å²) in [6.07, 6.45) is 15.5. The molecule has 0 amide bonds. The zero-order valence-corrected chi connectivity index (χ0v) is 14.8. The topological polar surface area (TPSA) is 34.1 Å². The molecule has 0 unspecified atom stereocenters. The molecule has 0 aliphatic heterocycles. The van der Waals surface area contributed by atoms with Crippen molar-refractivity contribution >= 4 is 11.6 Å². The molecular formula is C21H28O2. The molecule has 2 heteroatoms. The van der Waals surface area contributed by atoms with Crippen molar-refractivity contribution < 1.29 is 9.59 Å². The predicted octanol–water partition coefficient (Wildman–Crippen LogP) is 5.43. The fourth-order valence-electron chi connectivity index (χ4n) is 2.34. The number of carbonyl (C=O) groups is 2. The fourth-order valence-corrected chi connectivity index (χ4v) is 2.34. The Hall–Kier alpha value is -1.96. The van der Waals surface area contributed by atoms with Crippen LogP contribution < -0.4 is 0 Å². The lowest BCUT2D eigenvalue weighted by Crippen LogP contribution is -2.06. The predicted molar refractivity (Wildman–Crippen MR) is 97.3 cm³/mol. The second-order valence-electron chi connectivity index (χ2n) is 6.43. The Labute approximate surface area is 140 Å². The van der Waals surface area contributed by atoms with Gasteiger partial charge in [-0.15, -0.1) is 0 Å². The van der Waals surface area contributed by atoms with Crippen LogP contribution in [0.4, 0.5) is 0 Å². The number of allylic oxidation sites excluding steroid dienone is 10. The van der Waals surface area contributed by atoms with E-state index in [1.165, 1.54) is 34.9 Å². The lowest BCUT2D eigenvalue weighted by atomic mass is 9.99. The van der Waals surface area contributed by atoms with E-state index in [-0.39, 0.29) is 11.6 Å². The number of hydrogen-bond acceptors (Lipinski definition) is 2. The molecule has 1 rings (SSSR count). The third kappa shape index (κ3) is 8.29. The molecule has 23 heavy (non-hydrogen) atoms. The van der Waals surface area contributed by atoms with Gasteiger partial charge in [0.05, 0.1) is 0 Å². The first-order chi connectivity index (χ1) is 10.9. The Morgan fingerprint density at radius 1 is 0.870 bits per heavy atom. The Balaban J connectivity index is 2.38. The molecule has 0 radical (unpaired) electrons. The SMILES string of the molecule is CC(C)=CCCC(C)=CCC/C(C)=C/CC1=CC(=O)C=CC1=O. The highest BCUT2D eigenvalue weighted by molar-refractivity contribution is 6.17. The summed E-state index contributed by atoms with van der Waals surface area (Å²) in [5.41, 5.74) is 4.65. The van der Waals surface area contributed by atoms with Crippen LogP contribution in [0.3, 0.4) is 0 Å². The summed E-state index contributed by atoms with van der Waals surface area (Å²) in [5.74, 6) is -0.149. The summed E-state index contributed by atoms with van der Waals surface area (Å²) in [7, 11) is 0. The van der Waals surface area contributed by atoms with E-state index in [1.807, 2.05) is 0 Å². The van der Waals surface area contributed by atoms with E-state index in [0.717, 1.165) is 25.7 Å². The highest BCUT2D eigenvalue weighted by Crippen LogP contribution is 2.15. The van der Waals surface area contributed by atoms with Crippen molar-refractivity contribution in [3.63, 3.8) is 0 Å². The van der Waals surface area contributed by atoms with Crippen LogP contribution in [-0.4, -0.2) is 11.6 Å². The molecule has 0 aromatic carbocycles. The maximum absolute atomic E-state index is 11.7. The number of rotatable bonds is 8. The van der Waals surface area contributed by atoms with E-state index in [0.29, 0.717) is 12.0 Å². The van der Waals surface area contributed by atoms with Crippen LogP contribution in [0.5, 0.6) is 0 Å². The van der Waals surface area contributed by atoms with Gasteiger partial charge in [0, 0.05) is 5.57 Å². The first-order valence-electron chi connectivity index (χ1n) is 8.30. The molecule has 0 atom stereocenters. The standard InChI is InChI=1S/C21H28O2/c1-16(2)7-5-8-17(3)9-6-10-18(4)11-12-19-15-20(22)13-14-21(19)23/h7,9,11,13-15H,5-6,8,10,12H2,1-4H3/b17-9?,18-11+. The van der Waals surface area contributed by atoms with Crippen LogP contribution in [0.1, 0.15) is 59.8 Å². The van der Waals surface area contributed by atoms with E-state index in [9.17, 15) is 9.59 Å². The molecule has 0 spiro atoms. The van der Waals surface area contributed by atoms with Gasteiger partial charge in [-0.25, -0.2) is 0 Å². The highest BCUT2D eigenvalue weighted by Gasteiger charge is 2.11. The lowest BCUT2D eigenvalue weighted by molar-refractivity contribution is -0.114. The van der Waals surface area contributed by atoms with Crippen LogP contribution in [0.25, 0.3) is 0 Å². The Morgan fingerprint density at radius 3 is 2.13 bits per heavy atom. The molecule has 0 saturated heterocycles. The number of ketones is 2. The molecule has 0 heterocycles. The Kier molecular flexibility index (Phi) is 8.25. The highest BCUT2D eigenvalue weighted by atomic mass is 16.1. The van der Waals surface area contributed by atoms with Gasteiger partial charge in [-0.2, -0.15) is 0 Å². The van der Waals surface area contributed by atoms with Gasteiger partial charge in [-0.1, -0.05) is 34.9 Å². The van der Waals surface area contributed by atoms with Crippen molar-refractivity contribution in [1.82, 2.24) is 0 Å². The smallest absolute Gasteiger partial charge is 0.182 e. The summed E-state index contributed by atoms with van der Waals surface area (Å²) in [6.45, 7) is 8.52. The molecule has 124 valence electrons. The van der Waals surface area contributed by atoms with Gasteiger partial charge < -0.3 is 0 Å². The molecular weight excluding hydrogens is 284 g/mol. The second kappa shape index (κ2) is 9.94. The molecule has 0 saturated carbocycles. The number of hydrogen-bond donors (Lipinski definition) is 0. The van der Waals surface area contributed by atoms with Crippen molar-refractivity contribution in [2.45, 2.75) is 59.8 Å². The van der Waals surface area contributed by atoms with E-state index >= 15 is 0 Å². The molecule has 0 bridgehead atoms. The largest absolute Gasteiger partial charge is 0.290 e. The van der Waals surface area contributed by atoms with Gasteiger partial charge in [-0.05, 0) is 78.0 Å². The maximum atomic E-state index is 11.7. The average Bonchev–Trinajstić information content (AvgIpc) is 2.48. The zero-order chi connectivity index (χ0) is 17.2. The van der Waals surface area contributed by atoms with Gasteiger partial charge in [0.1, 0.15) is 0 Å². The summed E-state index contributed by atoms with van der Waals surface area (Å²) in [6, 6.07) is 0. The van der Waals surface area contributed by atoms with E-state index < -0.39 is 0 Å². The zero-order valence-electron chi connectivity index (χ0n) is 14.8. The van der Waals surface area contributed by atoms with E-state index in [2.05, 4.69) is 45.9 Å². The van der Waals surface area contributed by atoms with Crippen LogP contribution in [0, 0.1) is 0 Å². The second-order valence-corrected chi connectivity index (χ2v) is 6.43. The molecule has 0 aromatic rings. The fraction of sp³-hybridized carbons (Fsp3) is 0.429. The summed E-state index contributed by atoms with van der Waals surface area (Å²) in [4.78, 5) is 22.9. The normalized spacial score (nSPS) is 15.7. The minimum absolute atomic E-state index is 0.0522. The summed E-state index contributed by atoms with van der Waals surface area (Å²) >= 11 is 0. The van der Waals surface area contributed by atoms with Gasteiger partial charge >= 0.3 is 0 Å². The van der Waals surface area contributed by atoms with Gasteiger partial charge in [0.2, 0.25) is 0 Å². The van der Waals surface area contributed by atoms with Crippen molar-refractivity contribution in [1.29, 1.82) is 0 Å². The minimum Gasteiger partial charge on any atom is -0.290 e. The number of carbonyl (C=O) groups excluding carboxylic acids is 2. The van der Waals surface area contributed by atoms with E-state index in [4.69, 9.17) is 0 Å². The van der Waals surface area contributed by atoms with Crippen molar-refractivity contribution in [3.05, 3.63) is 58.7 Å². The van der Waals surface area contributed by atoms with Crippen molar-refractivity contribution in [3.8, 4) is 0 Å². The van der Waals surface area contributed by atoms with Crippen molar-refractivity contribution in [2.24, 2.45) is 0 Å². The van der Waals surface area contributed by atoms with Crippen LogP contribution >= 0.6 is 0 Å². The molecule has 1 aliphatic carbocycles. The molecule has 0 aromatic heterocycles. The van der Waals surface area contributed by atoms with Crippen LogP contribution in [0.15, 0.2) is 58.7 Å². The van der Waals surface area contributed by atoms with Gasteiger partial charge in [0.15, 0.2) is 11.6 Å². The lowest BCUT2D eigenvalue weighted by Gasteiger charge is -2.05. The molecule has 1 aliphatic rings. The first kappa shape index (κ1) is 19.1. The summed E-state index contributed by atoms with van der Waals surface area (Å²) < 4.78 is 0.